The van der Waals surface area contributed by atoms with E-state index < -0.39 is 5.82 Å². The van der Waals surface area contributed by atoms with Crippen LogP contribution in [0.25, 0.3) is 0 Å². The third-order valence-electron chi connectivity index (χ3n) is 3.10. The normalized spacial score (nSPS) is 13.7. The SMILES string of the molecule is O=C(c1cccc(F)c1)c1ccc2c(c1)OCCCO2. The van der Waals surface area contributed by atoms with Gasteiger partial charge in [0.05, 0.1) is 13.2 Å². The zero-order valence-electron chi connectivity index (χ0n) is 10.8. The van der Waals surface area contributed by atoms with E-state index in [4.69, 9.17) is 9.47 Å². The number of ether oxygens (including phenoxy) is 2. The first-order chi connectivity index (χ1) is 9.74. The Kier molecular flexibility index (Phi) is 3.37. The summed E-state index contributed by atoms with van der Waals surface area (Å²) in [7, 11) is 0. The molecule has 0 spiro atoms. The van der Waals surface area contributed by atoms with E-state index in [1.165, 1.54) is 18.2 Å². The quantitative estimate of drug-likeness (QED) is 0.787. The van der Waals surface area contributed by atoms with Gasteiger partial charge in [-0.1, -0.05) is 12.1 Å². The molecule has 0 N–H and O–H groups in total. The average molecular weight is 272 g/mol. The van der Waals surface area contributed by atoms with Crippen molar-refractivity contribution in [2.45, 2.75) is 6.42 Å². The molecule has 1 aliphatic heterocycles. The van der Waals surface area contributed by atoms with Crippen LogP contribution in [-0.4, -0.2) is 19.0 Å². The molecule has 2 aromatic rings. The number of hydrogen-bond donors (Lipinski definition) is 0. The molecule has 0 aliphatic carbocycles. The molecule has 3 rings (SSSR count). The molecule has 0 unspecified atom stereocenters. The Hall–Kier alpha value is -2.36. The molecule has 2 aromatic carbocycles. The number of halogens is 1. The molecule has 0 radical (unpaired) electrons. The summed E-state index contributed by atoms with van der Waals surface area (Å²) in [6.45, 7) is 1.16. The number of benzene rings is 2. The molecule has 102 valence electrons. The van der Waals surface area contributed by atoms with Crippen LogP contribution in [0.4, 0.5) is 4.39 Å². The largest absolute Gasteiger partial charge is 0.490 e. The van der Waals surface area contributed by atoms with Crippen LogP contribution in [-0.2, 0) is 0 Å². The lowest BCUT2D eigenvalue weighted by Crippen LogP contribution is -2.02. The molecular formula is C16H13FO3. The Balaban J connectivity index is 1.94. The van der Waals surface area contributed by atoms with E-state index in [0.29, 0.717) is 35.8 Å². The van der Waals surface area contributed by atoms with Gasteiger partial charge in [-0.25, -0.2) is 4.39 Å². The number of rotatable bonds is 2. The summed E-state index contributed by atoms with van der Waals surface area (Å²) >= 11 is 0. The summed E-state index contributed by atoms with van der Waals surface area (Å²) in [5, 5.41) is 0. The molecule has 4 heteroatoms. The van der Waals surface area contributed by atoms with Crippen molar-refractivity contribution in [1.29, 1.82) is 0 Å². The molecule has 0 aromatic heterocycles. The third kappa shape index (κ3) is 2.50. The summed E-state index contributed by atoms with van der Waals surface area (Å²) in [5.74, 6) is 0.536. The standard InChI is InChI=1S/C16H13FO3/c17-13-4-1-3-11(9-13)16(18)12-5-6-14-15(10-12)20-8-2-7-19-14/h1,3-6,9-10H,2,7-8H2. The van der Waals surface area contributed by atoms with Crippen LogP contribution in [0.15, 0.2) is 42.5 Å². The van der Waals surface area contributed by atoms with E-state index in [0.717, 1.165) is 6.42 Å². The smallest absolute Gasteiger partial charge is 0.193 e. The van der Waals surface area contributed by atoms with Crippen LogP contribution in [0.1, 0.15) is 22.3 Å². The summed E-state index contributed by atoms with van der Waals surface area (Å²) in [6, 6.07) is 10.7. The third-order valence-corrected chi connectivity index (χ3v) is 3.10. The van der Waals surface area contributed by atoms with Crippen LogP contribution in [0, 0.1) is 5.82 Å². The van der Waals surface area contributed by atoms with Crippen LogP contribution < -0.4 is 9.47 Å². The summed E-state index contributed by atoms with van der Waals surface area (Å²) in [5.41, 5.74) is 0.777. The fourth-order valence-corrected chi connectivity index (χ4v) is 2.10. The van der Waals surface area contributed by atoms with Gasteiger partial charge in [-0.15, -0.1) is 0 Å². The minimum absolute atomic E-state index is 0.236. The fraction of sp³-hybridized carbons (Fsp3) is 0.188. The Morgan fingerprint density at radius 3 is 2.50 bits per heavy atom. The minimum atomic E-state index is -0.426. The van der Waals surface area contributed by atoms with Gasteiger partial charge in [0.2, 0.25) is 0 Å². The number of hydrogen-bond acceptors (Lipinski definition) is 3. The molecule has 3 nitrogen and oxygen atoms in total. The maximum absolute atomic E-state index is 13.2. The highest BCUT2D eigenvalue weighted by Gasteiger charge is 2.15. The zero-order chi connectivity index (χ0) is 13.9. The first-order valence-electron chi connectivity index (χ1n) is 6.44. The van der Waals surface area contributed by atoms with Crippen LogP contribution in [0.5, 0.6) is 11.5 Å². The van der Waals surface area contributed by atoms with Crippen molar-refractivity contribution in [3.8, 4) is 11.5 Å². The molecule has 1 heterocycles. The second kappa shape index (κ2) is 5.33. The van der Waals surface area contributed by atoms with Gasteiger partial charge in [-0.3, -0.25) is 4.79 Å². The lowest BCUT2D eigenvalue weighted by Gasteiger charge is -2.09. The van der Waals surface area contributed by atoms with Gasteiger partial charge in [0.15, 0.2) is 17.3 Å². The van der Waals surface area contributed by atoms with Gasteiger partial charge in [-0.05, 0) is 30.3 Å². The molecule has 1 aliphatic rings. The highest BCUT2D eigenvalue weighted by molar-refractivity contribution is 6.09. The maximum atomic E-state index is 13.2. The zero-order valence-corrected chi connectivity index (χ0v) is 10.8. The maximum Gasteiger partial charge on any atom is 0.193 e. The molecule has 0 amide bonds. The Morgan fingerprint density at radius 1 is 0.950 bits per heavy atom. The molecule has 0 saturated heterocycles. The topological polar surface area (TPSA) is 35.5 Å². The fourth-order valence-electron chi connectivity index (χ4n) is 2.10. The predicted octanol–water partition coefficient (Wildman–Crippen LogP) is 3.22. The van der Waals surface area contributed by atoms with Gasteiger partial charge in [0, 0.05) is 17.5 Å². The lowest BCUT2D eigenvalue weighted by molar-refractivity contribution is 0.103. The second-order valence-corrected chi connectivity index (χ2v) is 4.55. The van der Waals surface area contributed by atoms with E-state index in [2.05, 4.69) is 0 Å². The first-order valence-corrected chi connectivity index (χ1v) is 6.44. The van der Waals surface area contributed by atoms with Crippen LogP contribution in [0.2, 0.25) is 0 Å². The van der Waals surface area contributed by atoms with Crippen molar-refractivity contribution in [3.63, 3.8) is 0 Å². The van der Waals surface area contributed by atoms with Crippen molar-refractivity contribution in [3.05, 3.63) is 59.4 Å². The van der Waals surface area contributed by atoms with Crippen molar-refractivity contribution in [1.82, 2.24) is 0 Å². The molecule has 0 atom stereocenters. The molecule has 0 bridgehead atoms. The van der Waals surface area contributed by atoms with E-state index in [1.807, 2.05) is 0 Å². The first kappa shape index (κ1) is 12.7. The van der Waals surface area contributed by atoms with Crippen molar-refractivity contribution >= 4 is 5.78 Å². The highest BCUT2D eigenvalue weighted by atomic mass is 19.1. The lowest BCUT2D eigenvalue weighted by atomic mass is 10.0. The van der Waals surface area contributed by atoms with Crippen LogP contribution in [0.3, 0.4) is 0 Å². The highest BCUT2D eigenvalue weighted by Crippen LogP contribution is 2.31. The number of ketones is 1. The van der Waals surface area contributed by atoms with Gasteiger partial charge in [0.25, 0.3) is 0 Å². The molecular weight excluding hydrogens is 259 g/mol. The number of carbonyl (C=O) groups is 1. The Morgan fingerprint density at radius 2 is 1.70 bits per heavy atom. The number of fused-ring (bicyclic) bond motifs is 1. The summed E-state index contributed by atoms with van der Waals surface area (Å²) in [6.07, 6.45) is 0.807. The molecule has 0 saturated carbocycles. The molecule has 0 fully saturated rings. The minimum Gasteiger partial charge on any atom is -0.490 e. The van der Waals surface area contributed by atoms with Crippen molar-refractivity contribution in [2.75, 3.05) is 13.2 Å². The Labute approximate surface area is 115 Å². The van der Waals surface area contributed by atoms with E-state index in [9.17, 15) is 9.18 Å². The van der Waals surface area contributed by atoms with E-state index in [1.54, 1.807) is 24.3 Å². The predicted molar refractivity (Wildman–Crippen MR) is 71.9 cm³/mol. The van der Waals surface area contributed by atoms with E-state index in [-0.39, 0.29) is 5.78 Å². The Bertz CT molecular complexity index is 652. The monoisotopic (exact) mass is 272 g/mol. The summed E-state index contributed by atoms with van der Waals surface area (Å²) < 4.78 is 24.2. The van der Waals surface area contributed by atoms with Crippen molar-refractivity contribution < 1.29 is 18.7 Å². The number of carbonyl (C=O) groups excluding carboxylic acids is 1. The van der Waals surface area contributed by atoms with Crippen molar-refractivity contribution in [2.24, 2.45) is 0 Å². The van der Waals surface area contributed by atoms with Gasteiger partial charge < -0.3 is 9.47 Å². The van der Waals surface area contributed by atoms with Gasteiger partial charge in [0.1, 0.15) is 5.82 Å². The molecule has 20 heavy (non-hydrogen) atoms. The van der Waals surface area contributed by atoms with Crippen LogP contribution >= 0.6 is 0 Å². The van der Waals surface area contributed by atoms with Gasteiger partial charge >= 0.3 is 0 Å². The van der Waals surface area contributed by atoms with E-state index >= 15 is 0 Å². The summed E-state index contributed by atoms with van der Waals surface area (Å²) in [4.78, 5) is 12.3. The average Bonchev–Trinajstić information content (AvgIpc) is 2.71. The second-order valence-electron chi connectivity index (χ2n) is 4.55. The van der Waals surface area contributed by atoms with Gasteiger partial charge in [-0.2, -0.15) is 0 Å².